The molecule has 0 aliphatic carbocycles. The summed E-state index contributed by atoms with van der Waals surface area (Å²) in [4.78, 5) is 0. The summed E-state index contributed by atoms with van der Waals surface area (Å²) in [7, 11) is 0. The monoisotopic (exact) mass is 186 g/mol. The minimum absolute atomic E-state index is 1.10. The Hall–Kier alpha value is -0.300. The van der Waals surface area contributed by atoms with Gasteiger partial charge in [-0.25, -0.2) is 0 Å². The van der Waals surface area contributed by atoms with Gasteiger partial charge in [-0.3, -0.25) is 0 Å². The van der Waals surface area contributed by atoms with Gasteiger partial charge >= 0.3 is 0 Å². The van der Waals surface area contributed by atoms with Crippen molar-refractivity contribution in [3.63, 3.8) is 0 Å². The minimum atomic E-state index is 1.10. The highest BCUT2D eigenvalue weighted by Crippen LogP contribution is 2.05. The molecule has 0 nitrogen and oxygen atoms in total. The summed E-state index contributed by atoms with van der Waals surface area (Å²) < 4.78 is 1.10. The molecule has 0 atom stereocenters. The van der Waals surface area contributed by atoms with E-state index in [4.69, 9.17) is 0 Å². The molecule has 0 rings (SSSR count). The summed E-state index contributed by atoms with van der Waals surface area (Å²) in [6, 6.07) is 0. The molecular formula is C8H11Br. The minimum Gasteiger partial charge on any atom is -0.0876 e. The van der Waals surface area contributed by atoms with E-state index in [1.807, 2.05) is 44.2 Å². The second-order valence-electron chi connectivity index (χ2n) is 1.58. The molecule has 0 aromatic heterocycles. The number of hydrogen-bond donors (Lipinski definition) is 0. The molecule has 0 saturated heterocycles. The first-order valence-electron chi connectivity index (χ1n) is 2.92. The zero-order valence-electron chi connectivity index (χ0n) is 5.76. The summed E-state index contributed by atoms with van der Waals surface area (Å²) in [6.07, 6.45) is 9.97. The lowest BCUT2D eigenvalue weighted by atomic mass is 10.4. The van der Waals surface area contributed by atoms with Crippen molar-refractivity contribution in [2.24, 2.45) is 0 Å². The highest BCUT2D eigenvalue weighted by Gasteiger charge is 1.75. The van der Waals surface area contributed by atoms with Crippen molar-refractivity contribution in [2.45, 2.75) is 13.8 Å². The van der Waals surface area contributed by atoms with Crippen LogP contribution in [0.15, 0.2) is 34.9 Å². The fourth-order valence-electron chi connectivity index (χ4n) is 0.403. The van der Waals surface area contributed by atoms with Crippen molar-refractivity contribution in [2.75, 3.05) is 0 Å². The van der Waals surface area contributed by atoms with E-state index in [9.17, 15) is 0 Å². The van der Waals surface area contributed by atoms with Crippen LogP contribution in [0.3, 0.4) is 0 Å². The van der Waals surface area contributed by atoms with E-state index in [-0.39, 0.29) is 0 Å². The lowest BCUT2D eigenvalue weighted by Gasteiger charge is -1.81. The third-order valence-corrected chi connectivity index (χ3v) is 1.30. The van der Waals surface area contributed by atoms with Crippen LogP contribution in [0.4, 0.5) is 0 Å². The van der Waals surface area contributed by atoms with Gasteiger partial charge in [0.05, 0.1) is 0 Å². The Balaban J connectivity index is 3.84. The van der Waals surface area contributed by atoms with Gasteiger partial charge in [-0.1, -0.05) is 40.2 Å². The molecule has 1 heteroatoms. The third-order valence-electron chi connectivity index (χ3n) is 0.774. The molecule has 0 bridgehead atoms. The largest absolute Gasteiger partial charge is 0.0876 e. The maximum absolute atomic E-state index is 3.36. The van der Waals surface area contributed by atoms with Gasteiger partial charge < -0.3 is 0 Å². The fourth-order valence-corrected chi connectivity index (χ4v) is 0.820. The van der Waals surface area contributed by atoms with Gasteiger partial charge in [0.1, 0.15) is 0 Å². The Morgan fingerprint density at radius 2 is 1.89 bits per heavy atom. The first-order valence-corrected chi connectivity index (χ1v) is 3.71. The van der Waals surface area contributed by atoms with Crippen LogP contribution in [0.1, 0.15) is 13.8 Å². The van der Waals surface area contributed by atoms with Crippen molar-refractivity contribution in [1.82, 2.24) is 0 Å². The molecule has 9 heavy (non-hydrogen) atoms. The van der Waals surface area contributed by atoms with Gasteiger partial charge in [-0.15, -0.1) is 0 Å². The number of rotatable bonds is 2. The average Bonchev–Trinajstić information content (AvgIpc) is 1.85. The SMILES string of the molecule is C\C=C/C=C(Br)\C=C\C. The van der Waals surface area contributed by atoms with Crippen molar-refractivity contribution >= 4 is 15.9 Å². The van der Waals surface area contributed by atoms with Crippen LogP contribution in [0.25, 0.3) is 0 Å². The quantitative estimate of drug-likeness (QED) is 0.581. The summed E-state index contributed by atoms with van der Waals surface area (Å²) in [5.74, 6) is 0. The van der Waals surface area contributed by atoms with Crippen LogP contribution >= 0.6 is 15.9 Å². The molecule has 50 valence electrons. The molecule has 0 spiro atoms. The molecule has 0 aromatic rings. The zero-order valence-corrected chi connectivity index (χ0v) is 7.35. The highest BCUT2D eigenvalue weighted by atomic mass is 79.9. The van der Waals surface area contributed by atoms with E-state index in [0.717, 1.165) is 4.48 Å². The summed E-state index contributed by atoms with van der Waals surface area (Å²) in [6.45, 7) is 3.98. The molecule has 0 heterocycles. The molecular weight excluding hydrogens is 176 g/mol. The van der Waals surface area contributed by atoms with Crippen molar-refractivity contribution < 1.29 is 0 Å². The molecule has 0 fully saturated rings. The van der Waals surface area contributed by atoms with Crippen molar-refractivity contribution in [3.05, 3.63) is 34.9 Å². The highest BCUT2D eigenvalue weighted by molar-refractivity contribution is 9.11. The zero-order chi connectivity index (χ0) is 7.11. The first-order chi connectivity index (χ1) is 4.31. The van der Waals surface area contributed by atoms with Gasteiger partial charge in [0.15, 0.2) is 0 Å². The van der Waals surface area contributed by atoms with Gasteiger partial charge in [0.2, 0.25) is 0 Å². The molecule has 0 saturated carbocycles. The van der Waals surface area contributed by atoms with E-state index in [2.05, 4.69) is 15.9 Å². The van der Waals surface area contributed by atoms with Crippen LogP contribution in [-0.2, 0) is 0 Å². The van der Waals surface area contributed by atoms with Gasteiger partial charge in [-0.05, 0) is 19.9 Å². The Labute approximate surface area is 65.1 Å². The van der Waals surface area contributed by atoms with Crippen LogP contribution in [-0.4, -0.2) is 0 Å². The Bertz CT molecular complexity index is 141. The molecule has 0 aromatic carbocycles. The Morgan fingerprint density at radius 1 is 1.22 bits per heavy atom. The molecule has 0 unspecified atom stereocenters. The number of hydrogen-bond acceptors (Lipinski definition) is 0. The summed E-state index contributed by atoms with van der Waals surface area (Å²) in [5.41, 5.74) is 0. The molecule has 0 radical (unpaired) electrons. The molecule has 0 N–H and O–H groups in total. The third kappa shape index (κ3) is 5.57. The molecule has 0 aliphatic heterocycles. The number of allylic oxidation sites excluding steroid dienone is 6. The second kappa shape index (κ2) is 5.83. The Kier molecular flexibility index (Phi) is 5.64. The smallest absolute Gasteiger partial charge is 0.0171 e. The van der Waals surface area contributed by atoms with Crippen molar-refractivity contribution in [1.29, 1.82) is 0 Å². The van der Waals surface area contributed by atoms with Gasteiger partial charge in [0.25, 0.3) is 0 Å². The normalized spacial score (nSPS) is 13.9. The summed E-state index contributed by atoms with van der Waals surface area (Å²) >= 11 is 3.36. The maximum Gasteiger partial charge on any atom is 0.0171 e. The van der Waals surface area contributed by atoms with Crippen LogP contribution in [0.2, 0.25) is 0 Å². The van der Waals surface area contributed by atoms with Gasteiger partial charge in [0, 0.05) is 4.48 Å². The van der Waals surface area contributed by atoms with E-state index < -0.39 is 0 Å². The fraction of sp³-hybridized carbons (Fsp3) is 0.250. The first kappa shape index (κ1) is 8.70. The molecule has 0 amide bonds. The van der Waals surface area contributed by atoms with E-state index in [1.54, 1.807) is 0 Å². The van der Waals surface area contributed by atoms with E-state index in [1.165, 1.54) is 0 Å². The number of halogens is 1. The second-order valence-corrected chi connectivity index (χ2v) is 2.49. The average molecular weight is 187 g/mol. The van der Waals surface area contributed by atoms with E-state index >= 15 is 0 Å². The maximum atomic E-state index is 3.36. The van der Waals surface area contributed by atoms with E-state index in [0.29, 0.717) is 0 Å². The van der Waals surface area contributed by atoms with Gasteiger partial charge in [-0.2, -0.15) is 0 Å². The van der Waals surface area contributed by atoms with Crippen LogP contribution in [0, 0.1) is 0 Å². The lowest BCUT2D eigenvalue weighted by molar-refractivity contribution is 1.69. The molecule has 0 aliphatic rings. The predicted molar refractivity (Wildman–Crippen MR) is 46.6 cm³/mol. The van der Waals surface area contributed by atoms with Crippen LogP contribution < -0.4 is 0 Å². The summed E-state index contributed by atoms with van der Waals surface area (Å²) in [5, 5.41) is 0. The Morgan fingerprint density at radius 3 is 2.33 bits per heavy atom. The topological polar surface area (TPSA) is 0 Å². The predicted octanol–water partition coefficient (Wildman–Crippen LogP) is 3.42. The lowest BCUT2D eigenvalue weighted by Crippen LogP contribution is -1.57. The van der Waals surface area contributed by atoms with Crippen molar-refractivity contribution in [3.8, 4) is 0 Å². The van der Waals surface area contributed by atoms with Crippen LogP contribution in [0.5, 0.6) is 0 Å². The standard InChI is InChI=1S/C8H11Br/c1-3-5-7-8(9)6-4-2/h3-7H,1-2H3/b5-3-,6-4+,8-7+.